The normalized spacial score (nSPS) is 8.69. The van der Waals surface area contributed by atoms with E-state index in [0.29, 0.717) is 10.7 Å². The zero-order chi connectivity index (χ0) is 9.14. The molecule has 0 heterocycles. The Morgan fingerprint density at radius 3 is 2.46 bits per heavy atom. The number of benzene rings is 1. The second kappa shape index (κ2) is 4.79. The molecule has 6 heteroatoms. The maximum absolute atomic E-state index is 8.98. The lowest BCUT2D eigenvalue weighted by Gasteiger charge is -1.98. The summed E-state index contributed by atoms with van der Waals surface area (Å²) in [5.74, 6) is 0.0112. The van der Waals surface area contributed by atoms with E-state index in [9.17, 15) is 0 Å². The van der Waals surface area contributed by atoms with Crippen LogP contribution in [0.25, 0.3) is 0 Å². The molecule has 0 spiro atoms. The number of aromatic hydroxyl groups is 1. The summed E-state index contributed by atoms with van der Waals surface area (Å²) in [5, 5.41) is 9.28. The van der Waals surface area contributed by atoms with E-state index >= 15 is 0 Å². The first kappa shape index (κ1) is 11.9. The van der Waals surface area contributed by atoms with Crippen molar-refractivity contribution in [1.82, 2.24) is 0 Å². The molecular formula is C7H9Cl2N3O. The van der Waals surface area contributed by atoms with Crippen LogP contribution in [0.4, 0.5) is 5.69 Å². The Balaban J connectivity index is 0.00000144. The summed E-state index contributed by atoms with van der Waals surface area (Å²) in [6.07, 6.45) is 0. The van der Waals surface area contributed by atoms with Crippen molar-refractivity contribution < 1.29 is 5.11 Å². The Bertz CT molecular complexity index is 324. The maximum Gasteiger partial charge on any atom is 0.191 e. The predicted octanol–water partition coefficient (Wildman–Crippen LogP) is 1.37. The van der Waals surface area contributed by atoms with Gasteiger partial charge in [-0.3, -0.25) is 0 Å². The minimum Gasteiger partial charge on any atom is -0.508 e. The Labute approximate surface area is 86.6 Å². The van der Waals surface area contributed by atoms with Gasteiger partial charge in [-0.2, -0.15) is 0 Å². The highest BCUT2D eigenvalue weighted by Gasteiger charge is 1.99. The van der Waals surface area contributed by atoms with E-state index in [-0.39, 0.29) is 24.1 Å². The van der Waals surface area contributed by atoms with Gasteiger partial charge in [0.2, 0.25) is 0 Å². The molecule has 72 valence electrons. The third-order valence-corrected chi connectivity index (χ3v) is 1.48. The van der Waals surface area contributed by atoms with E-state index in [1.54, 1.807) is 0 Å². The summed E-state index contributed by atoms with van der Waals surface area (Å²) in [7, 11) is 0. The van der Waals surface area contributed by atoms with E-state index in [4.69, 9.17) is 28.2 Å². The number of guanidine groups is 1. The second-order valence-electron chi connectivity index (χ2n) is 2.17. The molecule has 0 aliphatic carbocycles. The standard InChI is InChI=1S/C7H8ClN3O.ClH/c8-5-3-4(12)1-2-6(5)11-7(9)10;/h1-3,12H,(H4,9,10,11);1H. The number of nitrogens with zero attached hydrogens (tertiary/aromatic N) is 1. The molecule has 0 unspecified atom stereocenters. The molecule has 0 aliphatic heterocycles. The molecule has 0 saturated carbocycles. The molecule has 0 fully saturated rings. The van der Waals surface area contributed by atoms with Crippen molar-refractivity contribution in [2.45, 2.75) is 0 Å². The van der Waals surface area contributed by atoms with Gasteiger partial charge in [-0.1, -0.05) is 11.6 Å². The Kier molecular flexibility index (Phi) is 4.37. The van der Waals surface area contributed by atoms with Gasteiger partial charge in [0.1, 0.15) is 5.75 Å². The van der Waals surface area contributed by atoms with Crippen LogP contribution in [-0.4, -0.2) is 11.1 Å². The molecule has 13 heavy (non-hydrogen) atoms. The second-order valence-corrected chi connectivity index (χ2v) is 2.58. The van der Waals surface area contributed by atoms with Crippen molar-refractivity contribution in [1.29, 1.82) is 0 Å². The summed E-state index contributed by atoms with van der Waals surface area (Å²) < 4.78 is 0. The summed E-state index contributed by atoms with van der Waals surface area (Å²) in [5.41, 5.74) is 10.7. The van der Waals surface area contributed by atoms with Crippen molar-refractivity contribution in [3.8, 4) is 5.75 Å². The molecule has 1 aromatic rings. The number of nitrogens with two attached hydrogens (primary N) is 2. The van der Waals surface area contributed by atoms with Crippen LogP contribution in [0.15, 0.2) is 23.2 Å². The van der Waals surface area contributed by atoms with Gasteiger partial charge < -0.3 is 16.6 Å². The van der Waals surface area contributed by atoms with Gasteiger partial charge >= 0.3 is 0 Å². The topological polar surface area (TPSA) is 84.6 Å². The average Bonchev–Trinajstić information content (AvgIpc) is 1.94. The molecule has 1 rings (SSSR count). The SMILES string of the molecule is Cl.NC(N)=Nc1ccc(O)cc1Cl. The Morgan fingerprint density at radius 1 is 1.38 bits per heavy atom. The molecule has 0 bridgehead atoms. The molecule has 0 radical (unpaired) electrons. The minimum atomic E-state index is -0.0670. The van der Waals surface area contributed by atoms with Crippen LogP contribution in [0, 0.1) is 0 Å². The van der Waals surface area contributed by atoms with Crippen molar-refractivity contribution >= 4 is 35.7 Å². The van der Waals surface area contributed by atoms with E-state index in [2.05, 4.69) is 4.99 Å². The van der Waals surface area contributed by atoms with Crippen LogP contribution in [0.2, 0.25) is 5.02 Å². The smallest absolute Gasteiger partial charge is 0.191 e. The number of rotatable bonds is 1. The first-order chi connectivity index (χ1) is 5.59. The quantitative estimate of drug-likeness (QED) is 0.495. The lowest BCUT2D eigenvalue weighted by molar-refractivity contribution is 0.475. The van der Waals surface area contributed by atoms with Crippen LogP contribution in [0.5, 0.6) is 5.75 Å². The monoisotopic (exact) mass is 221 g/mol. The van der Waals surface area contributed by atoms with E-state index in [1.165, 1.54) is 18.2 Å². The fraction of sp³-hybridized carbons (Fsp3) is 0. The van der Waals surface area contributed by atoms with E-state index in [0.717, 1.165) is 0 Å². The fourth-order valence-electron chi connectivity index (χ4n) is 0.726. The number of hydrogen-bond donors (Lipinski definition) is 3. The zero-order valence-electron chi connectivity index (χ0n) is 6.57. The van der Waals surface area contributed by atoms with Gasteiger partial charge in [0.15, 0.2) is 5.96 Å². The summed E-state index contributed by atoms with van der Waals surface area (Å²) in [4.78, 5) is 3.73. The van der Waals surface area contributed by atoms with Gasteiger partial charge in [0.05, 0.1) is 10.7 Å². The zero-order valence-corrected chi connectivity index (χ0v) is 8.14. The van der Waals surface area contributed by atoms with Crippen molar-refractivity contribution in [2.75, 3.05) is 0 Å². The molecule has 4 nitrogen and oxygen atoms in total. The summed E-state index contributed by atoms with van der Waals surface area (Å²) >= 11 is 5.70. The Morgan fingerprint density at radius 2 is 2.00 bits per heavy atom. The summed E-state index contributed by atoms with van der Waals surface area (Å²) in [6, 6.07) is 4.34. The van der Waals surface area contributed by atoms with E-state index in [1.807, 2.05) is 0 Å². The number of hydrogen-bond acceptors (Lipinski definition) is 2. The number of phenols is 1. The van der Waals surface area contributed by atoms with Crippen LogP contribution in [-0.2, 0) is 0 Å². The van der Waals surface area contributed by atoms with Crippen LogP contribution >= 0.6 is 24.0 Å². The maximum atomic E-state index is 8.98. The average molecular weight is 222 g/mol. The molecular weight excluding hydrogens is 213 g/mol. The molecule has 0 amide bonds. The molecule has 0 aliphatic rings. The predicted molar refractivity (Wildman–Crippen MR) is 55.8 cm³/mol. The highest BCUT2D eigenvalue weighted by molar-refractivity contribution is 6.33. The number of aliphatic imine (C=N–C) groups is 1. The first-order valence-corrected chi connectivity index (χ1v) is 3.55. The highest BCUT2D eigenvalue weighted by Crippen LogP contribution is 2.27. The fourth-order valence-corrected chi connectivity index (χ4v) is 0.943. The van der Waals surface area contributed by atoms with Gasteiger partial charge in [0, 0.05) is 6.07 Å². The molecule has 5 N–H and O–H groups in total. The molecule has 1 aromatic carbocycles. The molecule has 0 atom stereocenters. The summed E-state index contributed by atoms with van der Waals surface area (Å²) in [6.45, 7) is 0. The molecule has 0 saturated heterocycles. The van der Waals surface area contributed by atoms with Gasteiger partial charge in [-0.25, -0.2) is 4.99 Å². The Hall–Kier alpha value is -1.13. The highest BCUT2D eigenvalue weighted by atomic mass is 35.5. The number of phenolic OH excluding ortho intramolecular Hbond substituents is 1. The van der Waals surface area contributed by atoms with Gasteiger partial charge in [-0.15, -0.1) is 12.4 Å². The van der Waals surface area contributed by atoms with Gasteiger partial charge in [-0.05, 0) is 12.1 Å². The van der Waals surface area contributed by atoms with Crippen LogP contribution in [0.3, 0.4) is 0 Å². The first-order valence-electron chi connectivity index (χ1n) is 3.18. The van der Waals surface area contributed by atoms with E-state index < -0.39 is 0 Å². The lowest BCUT2D eigenvalue weighted by Crippen LogP contribution is -2.21. The van der Waals surface area contributed by atoms with Gasteiger partial charge in [0.25, 0.3) is 0 Å². The van der Waals surface area contributed by atoms with Crippen LogP contribution < -0.4 is 11.5 Å². The van der Waals surface area contributed by atoms with Crippen LogP contribution in [0.1, 0.15) is 0 Å². The minimum absolute atomic E-state index is 0. The number of halogens is 2. The molecule has 0 aromatic heterocycles. The lowest BCUT2D eigenvalue weighted by atomic mass is 10.3. The third kappa shape index (κ3) is 3.40. The third-order valence-electron chi connectivity index (χ3n) is 1.18. The van der Waals surface area contributed by atoms with Crippen molar-refractivity contribution in [2.24, 2.45) is 16.5 Å². The van der Waals surface area contributed by atoms with Crippen molar-refractivity contribution in [3.05, 3.63) is 23.2 Å². The largest absolute Gasteiger partial charge is 0.508 e. The van der Waals surface area contributed by atoms with Crippen molar-refractivity contribution in [3.63, 3.8) is 0 Å².